The Labute approximate surface area is 172 Å². The first-order chi connectivity index (χ1) is 14.0. The van der Waals surface area contributed by atoms with Gasteiger partial charge in [0, 0.05) is 20.7 Å². The average molecular weight is 415 g/mol. The number of nitrogens with zero attached hydrogens (tertiary/aromatic N) is 3. The number of thioether (sulfide) groups is 1. The van der Waals surface area contributed by atoms with Crippen LogP contribution in [0.3, 0.4) is 0 Å². The van der Waals surface area contributed by atoms with E-state index >= 15 is 0 Å². The van der Waals surface area contributed by atoms with E-state index in [-0.39, 0.29) is 23.0 Å². The number of carbonyl (C=O) groups excluding carboxylic acids is 1. The maximum absolute atomic E-state index is 13.0. The first-order valence-corrected chi connectivity index (χ1v) is 10.1. The van der Waals surface area contributed by atoms with Gasteiger partial charge < -0.3 is 9.64 Å². The van der Waals surface area contributed by atoms with Crippen molar-refractivity contribution in [3.05, 3.63) is 70.3 Å². The number of carbonyl (C=O) groups is 1. The highest BCUT2D eigenvalue weighted by molar-refractivity contribution is 7.99. The van der Waals surface area contributed by atoms with Crippen LogP contribution < -0.4 is 5.56 Å². The van der Waals surface area contributed by atoms with Crippen LogP contribution in [0.15, 0.2) is 58.5 Å². The fraction of sp³-hybridized carbons (Fsp3) is 0.286. The van der Waals surface area contributed by atoms with Gasteiger partial charge >= 0.3 is 0 Å². The molecule has 3 rings (SSSR count). The van der Waals surface area contributed by atoms with Crippen molar-refractivity contribution in [1.29, 1.82) is 0 Å². The lowest BCUT2D eigenvalue weighted by Gasteiger charge is -2.18. The van der Waals surface area contributed by atoms with Crippen LogP contribution in [0.25, 0.3) is 10.9 Å². The van der Waals surface area contributed by atoms with E-state index in [0.717, 1.165) is 5.56 Å². The SMILES string of the molecule is COCCn1c(SCC(=O)N(C)Cc2ccc(F)cc2)nc2ccccc2c1=O. The molecule has 6 nitrogen and oxygen atoms in total. The number of hydrogen-bond donors (Lipinski definition) is 0. The van der Waals surface area contributed by atoms with Crippen molar-refractivity contribution in [2.75, 3.05) is 26.5 Å². The Hall–Kier alpha value is -2.71. The lowest BCUT2D eigenvalue weighted by Crippen LogP contribution is -2.29. The Balaban J connectivity index is 1.75. The average Bonchev–Trinajstić information content (AvgIpc) is 2.73. The highest BCUT2D eigenvalue weighted by Gasteiger charge is 2.15. The summed E-state index contributed by atoms with van der Waals surface area (Å²) in [6.07, 6.45) is 0. The second kappa shape index (κ2) is 9.67. The van der Waals surface area contributed by atoms with Crippen LogP contribution in [0.2, 0.25) is 0 Å². The standard InChI is InChI=1S/C21H22FN3O3S/c1-24(13-15-7-9-16(22)10-8-15)19(26)14-29-21-23-18-6-4-3-5-17(18)20(27)25(21)11-12-28-2/h3-10H,11-14H2,1-2H3. The van der Waals surface area contributed by atoms with E-state index in [0.29, 0.717) is 35.8 Å². The smallest absolute Gasteiger partial charge is 0.262 e. The molecule has 29 heavy (non-hydrogen) atoms. The Bertz CT molecular complexity index is 1050. The van der Waals surface area contributed by atoms with Crippen molar-refractivity contribution in [2.24, 2.45) is 0 Å². The number of amides is 1. The molecule has 0 saturated heterocycles. The number of benzene rings is 2. The first kappa shape index (κ1) is 21.0. The maximum atomic E-state index is 13.0. The largest absolute Gasteiger partial charge is 0.383 e. The Morgan fingerprint density at radius 1 is 1.21 bits per heavy atom. The molecule has 152 valence electrons. The van der Waals surface area contributed by atoms with Crippen LogP contribution in [0, 0.1) is 5.82 Å². The molecule has 1 aromatic heterocycles. The Kier molecular flexibility index (Phi) is 7.00. The molecule has 1 amide bonds. The molecule has 8 heteroatoms. The van der Waals surface area contributed by atoms with E-state index in [4.69, 9.17) is 4.74 Å². The van der Waals surface area contributed by atoms with Crippen LogP contribution >= 0.6 is 11.8 Å². The van der Waals surface area contributed by atoms with Gasteiger partial charge in [-0.2, -0.15) is 0 Å². The summed E-state index contributed by atoms with van der Waals surface area (Å²) >= 11 is 1.22. The molecule has 3 aromatic rings. The summed E-state index contributed by atoms with van der Waals surface area (Å²) < 4.78 is 19.7. The molecule has 0 spiro atoms. The van der Waals surface area contributed by atoms with Crippen molar-refractivity contribution in [3.8, 4) is 0 Å². The molecule has 0 aliphatic rings. The zero-order valence-corrected chi connectivity index (χ0v) is 17.1. The van der Waals surface area contributed by atoms with Crippen LogP contribution in [0.1, 0.15) is 5.56 Å². The first-order valence-electron chi connectivity index (χ1n) is 9.09. The summed E-state index contributed by atoms with van der Waals surface area (Å²) in [5, 5.41) is 1.02. The predicted molar refractivity (Wildman–Crippen MR) is 111 cm³/mol. The second-order valence-electron chi connectivity index (χ2n) is 6.53. The van der Waals surface area contributed by atoms with Crippen molar-refractivity contribution in [3.63, 3.8) is 0 Å². The fourth-order valence-corrected chi connectivity index (χ4v) is 3.79. The third-order valence-electron chi connectivity index (χ3n) is 4.43. The van der Waals surface area contributed by atoms with Crippen LogP contribution in [0.4, 0.5) is 4.39 Å². The van der Waals surface area contributed by atoms with Gasteiger partial charge in [0.25, 0.3) is 5.56 Å². The molecule has 0 fully saturated rings. The van der Waals surface area contributed by atoms with Crippen LogP contribution in [-0.2, 0) is 22.6 Å². The van der Waals surface area contributed by atoms with Crippen LogP contribution in [0.5, 0.6) is 0 Å². The number of methoxy groups -OCH3 is 1. The summed E-state index contributed by atoms with van der Waals surface area (Å²) in [7, 11) is 3.26. The Morgan fingerprint density at radius 2 is 1.93 bits per heavy atom. The van der Waals surface area contributed by atoms with Gasteiger partial charge in [-0.3, -0.25) is 14.2 Å². The van der Waals surface area contributed by atoms with E-state index in [2.05, 4.69) is 4.98 Å². The maximum Gasteiger partial charge on any atom is 0.262 e. The van der Waals surface area contributed by atoms with Crippen LogP contribution in [-0.4, -0.2) is 46.9 Å². The monoisotopic (exact) mass is 415 g/mol. The highest BCUT2D eigenvalue weighted by atomic mass is 32.2. The molecule has 0 atom stereocenters. The van der Waals surface area contributed by atoms with Crippen molar-refractivity contribution in [2.45, 2.75) is 18.2 Å². The summed E-state index contributed by atoms with van der Waals surface area (Å²) in [6.45, 7) is 1.10. The fourth-order valence-electron chi connectivity index (χ4n) is 2.83. The minimum atomic E-state index is -0.310. The lowest BCUT2D eigenvalue weighted by molar-refractivity contribution is -0.127. The van der Waals surface area contributed by atoms with Gasteiger partial charge in [0.1, 0.15) is 5.82 Å². The zero-order valence-electron chi connectivity index (χ0n) is 16.3. The molecule has 0 bridgehead atoms. The second-order valence-corrected chi connectivity index (χ2v) is 7.47. The number of halogens is 1. The van der Waals surface area contributed by atoms with Crippen molar-refractivity contribution >= 4 is 28.6 Å². The van der Waals surface area contributed by atoms with Gasteiger partial charge in [-0.25, -0.2) is 9.37 Å². The number of rotatable bonds is 8. The van der Waals surface area contributed by atoms with E-state index in [1.54, 1.807) is 54.0 Å². The van der Waals surface area contributed by atoms with Gasteiger partial charge in [-0.1, -0.05) is 36.0 Å². The number of para-hydroxylation sites is 1. The molecule has 0 aliphatic heterocycles. The van der Waals surface area contributed by atoms with Gasteiger partial charge in [0.15, 0.2) is 5.16 Å². The van der Waals surface area contributed by atoms with Gasteiger partial charge in [-0.15, -0.1) is 0 Å². The Morgan fingerprint density at radius 3 is 2.66 bits per heavy atom. The van der Waals surface area contributed by atoms with Crippen molar-refractivity contribution < 1.29 is 13.9 Å². The lowest BCUT2D eigenvalue weighted by atomic mass is 10.2. The topological polar surface area (TPSA) is 64.4 Å². The minimum Gasteiger partial charge on any atom is -0.383 e. The molecule has 0 unspecified atom stereocenters. The highest BCUT2D eigenvalue weighted by Crippen LogP contribution is 2.18. The van der Waals surface area contributed by atoms with Gasteiger partial charge in [0.2, 0.25) is 5.91 Å². The molecule has 0 N–H and O–H groups in total. The van der Waals surface area contributed by atoms with Crippen molar-refractivity contribution in [1.82, 2.24) is 14.5 Å². The molecule has 1 heterocycles. The molecule has 0 aliphatic carbocycles. The number of aromatic nitrogens is 2. The number of hydrogen-bond acceptors (Lipinski definition) is 5. The summed E-state index contributed by atoms with van der Waals surface area (Å²) in [4.78, 5) is 31.5. The zero-order chi connectivity index (χ0) is 20.8. The predicted octanol–water partition coefficient (Wildman–Crippen LogP) is 2.93. The third-order valence-corrected chi connectivity index (χ3v) is 5.39. The van der Waals surface area contributed by atoms with E-state index < -0.39 is 0 Å². The molecule has 0 saturated carbocycles. The molecule has 0 radical (unpaired) electrons. The summed E-state index contributed by atoms with van der Waals surface area (Å²) in [5.41, 5.74) is 1.29. The van der Waals surface area contributed by atoms with E-state index in [9.17, 15) is 14.0 Å². The molecular formula is C21H22FN3O3S. The van der Waals surface area contributed by atoms with E-state index in [1.165, 1.54) is 23.9 Å². The van der Waals surface area contributed by atoms with Gasteiger partial charge in [0.05, 0.1) is 29.8 Å². The summed E-state index contributed by atoms with van der Waals surface area (Å²) in [6, 6.07) is 13.2. The number of fused-ring (bicyclic) bond motifs is 1. The van der Waals surface area contributed by atoms with E-state index in [1.807, 2.05) is 6.07 Å². The molecule has 2 aromatic carbocycles. The quantitative estimate of drug-likeness (QED) is 0.418. The minimum absolute atomic E-state index is 0.111. The third kappa shape index (κ3) is 5.21. The van der Waals surface area contributed by atoms with Gasteiger partial charge in [-0.05, 0) is 29.8 Å². The number of ether oxygens (including phenoxy) is 1. The summed E-state index contributed by atoms with van der Waals surface area (Å²) in [5.74, 6) is -0.287. The normalized spacial score (nSPS) is 11.0. The molecular weight excluding hydrogens is 393 g/mol.